The largest absolute Gasteiger partial charge is 0.375 e. The number of rotatable bonds is 5. The molecule has 1 rings (SSSR count). The summed E-state index contributed by atoms with van der Waals surface area (Å²) < 4.78 is 0.923. The third-order valence-electron chi connectivity index (χ3n) is 2.08. The topological polar surface area (TPSA) is 41.1 Å². The number of carbonyl (C=O) groups excluding carboxylic acids is 1. The molecule has 0 unspecified atom stereocenters. The van der Waals surface area contributed by atoms with Gasteiger partial charge >= 0.3 is 0 Å². The molecule has 0 radical (unpaired) electrons. The number of amides is 1. The molecule has 17 heavy (non-hydrogen) atoms. The molecule has 1 amide bonds. The maximum absolute atomic E-state index is 11.5. The molecule has 0 saturated carbocycles. The highest BCUT2D eigenvalue weighted by Gasteiger charge is 2.04. The predicted molar refractivity (Wildman–Crippen MR) is 75.5 cm³/mol. The van der Waals surface area contributed by atoms with Crippen molar-refractivity contribution >= 4 is 39.1 Å². The summed E-state index contributed by atoms with van der Waals surface area (Å²) in [5, 5.41) is 6.44. The van der Waals surface area contributed by atoms with E-state index in [2.05, 4.69) is 40.4 Å². The lowest BCUT2D eigenvalue weighted by Crippen LogP contribution is -2.32. The van der Waals surface area contributed by atoms with E-state index in [0.717, 1.165) is 10.2 Å². The van der Waals surface area contributed by atoms with Crippen molar-refractivity contribution in [1.29, 1.82) is 0 Å². The van der Waals surface area contributed by atoms with E-state index in [9.17, 15) is 4.79 Å². The second-order valence-corrected chi connectivity index (χ2v) is 5.50. The summed E-state index contributed by atoms with van der Waals surface area (Å²) in [6, 6.07) is 5.48. The van der Waals surface area contributed by atoms with Crippen LogP contribution in [0.3, 0.4) is 0 Å². The molecule has 0 aliphatic heterocycles. The Balaban J connectivity index is 2.44. The van der Waals surface area contributed by atoms with E-state index in [1.807, 2.05) is 12.1 Å². The van der Waals surface area contributed by atoms with E-state index in [1.165, 1.54) is 0 Å². The zero-order valence-electron chi connectivity index (χ0n) is 9.89. The van der Waals surface area contributed by atoms with Crippen LogP contribution in [0.15, 0.2) is 22.7 Å². The van der Waals surface area contributed by atoms with Crippen molar-refractivity contribution in [1.82, 2.24) is 5.32 Å². The Kier molecular flexibility index (Phi) is 5.78. The van der Waals surface area contributed by atoms with Gasteiger partial charge in [0.2, 0.25) is 5.91 Å². The molecule has 0 heterocycles. The zero-order valence-corrected chi connectivity index (χ0v) is 12.2. The van der Waals surface area contributed by atoms with Crippen LogP contribution in [-0.2, 0) is 4.79 Å². The third kappa shape index (κ3) is 5.41. The molecule has 3 nitrogen and oxygen atoms in total. The Labute approximate surface area is 115 Å². The second-order valence-electron chi connectivity index (χ2n) is 4.18. The fraction of sp³-hybridized carbons (Fsp3) is 0.417. The monoisotopic (exact) mass is 318 g/mol. The van der Waals surface area contributed by atoms with Crippen LogP contribution < -0.4 is 10.6 Å². The molecule has 0 aromatic heterocycles. The molecular weight excluding hydrogens is 304 g/mol. The van der Waals surface area contributed by atoms with Crippen molar-refractivity contribution in [2.45, 2.75) is 13.8 Å². The smallest absolute Gasteiger partial charge is 0.239 e. The van der Waals surface area contributed by atoms with Crippen LogP contribution in [0.25, 0.3) is 0 Å². The lowest BCUT2D eigenvalue weighted by molar-refractivity contribution is -0.119. The molecule has 0 aliphatic rings. The first kappa shape index (κ1) is 14.3. The molecule has 0 atom stereocenters. The molecule has 0 saturated heterocycles. The molecule has 1 aromatic carbocycles. The summed E-state index contributed by atoms with van der Waals surface area (Å²) in [7, 11) is 0. The molecule has 0 bridgehead atoms. The number of hydrogen-bond acceptors (Lipinski definition) is 2. The van der Waals surface area contributed by atoms with Gasteiger partial charge in [-0.05, 0) is 24.1 Å². The molecule has 2 N–H and O–H groups in total. The van der Waals surface area contributed by atoms with E-state index in [-0.39, 0.29) is 12.5 Å². The molecular formula is C12H16BrClN2O. The number of carbonyl (C=O) groups is 1. The van der Waals surface area contributed by atoms with Gasteiger partial charge in [0.15, 0.2) is 0 Å². The van der Waals surface area contributed by atoms with Crippen LogP contribution in [0.4, 0.5) is 5.69 Å². The summed E-state index contributed by atoms with van der Waals surface area (Å²) in [6.07, 6.45) is 0. The van der Waals surface area contributed by atoms with Crippen molar-refractivity contribution < 1.29 is 4.79 Å². The lowest BCUT2D eigenvalue weighted by atomic mass is 10.2. The summed E-state index contributed by atoms with van der Waals surface area (Å²) in [5.74, 6) is 0.420. The zero-order chi connectivity index (χ0) is 12.8. The minimum Gasteiger partial charge on any atom is -0.375 e. The van der Waals surface area contributed by atoms with Gasteiger partial charge in [-0.25, -0.2) is 0 Å². The summed E-state index contributed by atoms with van der Waals surface area (Å²) in [5.41, 5.74) is 0.751. The SMILES string of the molecule is CC(C)CNC(=O)CNc1cc(Br)ccc1Cl. The Hall–Kier alpha value is -0.740. The molecule has 1 aromatic rings. The highest BCUT2D eigenvalue weighted by Crippen LogP contribution is 2.25. The van der Waals surface area contributed by atoms with Crippen LogP contribution in [0.1, 0.15) is 13.8 Å². The average Bonchev–Trinajstić information content (AvgIpc) is 2.27. The first-order chi connectivity index (χ1) is 7.99. The third-order valence-corrected chi connectivity index (χ3v) is 2.90. The van der Waals surface area contributed by atoms with Crippen molar-refractivity contribution in [3.63, 3.8) is 0 Å². The fourth-order valence-electron chi connectivity index (χ4n) is 1.19. The normalized spacial score (nSPS) is 10.4. The highest BCUT2D eigenvalue weighted by atomic mass is 79.9. The molecule has 0 fully saturated rings. The van der Waals surface area contributed by atoms with Gasteiger partial charge in [-0.3, -0.25) is 4.79 Å². The lowest BCUT2D eigenvalue weighted by Gasteiger charge is -2.10. The minimum absolute atomic E-state index is 0.0326. The highest BCUT2D eigenvalue weighted by molar-refractivity contribution is 9.10. The van der Waals surface area contributed by atoms with Crippen LogP contribution >= 0.6 is 27.5 Å². The van der Waals surface area contributed by atoms with Crippen molar-refractivity contribution in [2.75, 3.05) is 18.4 Å². The van der Waals surface area contributed by atoms with E-state index in [1.54, 1.807) is 6.07 Å². The van der Waals surface area contributed by atoms with Gasteiger partial charge in [0.05, 0.1) is 17.3 Å². The van der Waals surface area contributed by atoms with Gasteiger partial charge < -0.3 is 10.6 Å². The summed E-state index contributed by atoms with van der Waals surface area (Å²) in [4.78, 5) is 11.5. The predicted octanol–water partition coefficient (Wildman–Crippen LogP) is 3.29. The van der Waals surface area contributed by atoms with Crippen molar-refractivity contribution in [3.8, 4) is 0 Å². The average molecular weight is 320 g/mol. The minimum atomic E-state index is -0.0326. The van der Waals surface area contributed by atoms with Gasteiger partial charge in [0.25, 0.3) is 0 Å². The number of halogens is 2. The quantitative estimate of drug-likeness (QED) is 0.874. The molecule has 94 valence electrons. The molecule has 0 spiro atoms. The first-order valence-corrected chi connectivity index (χ1v) is 6.61. The van der Waals surface area contributed by atoms with E-state index >= 15 is 0 Å². The van der Waals surface area contributed by atoms with Gasteiger partial charge in [-0.15, -0.1) is 0 Å². The Bertz CT molecular complexity index is 396. The van der Waals surface area contributed by atoms with E-state index in [0.29, 0.717) is 17.5 Å². The number of anilines is 1. The van der Waals surface area contributed by atoms with Crippen molar-refractivity contribution in [3.05, 3.63) is 27.7 Å². The summed E-state index contributed by atoms with van der Waals surface area (Å²) in [6.45, 7) is 5.02. The molecule has 5 heteroatoms. The number of hydrogen-bond donors (Lipinski definition) is 2. The number of nitrogens with one attached hydrogen (secondary N) is 2. The van der Waals surface area contributed by atoms with Gasteiger partial charge in [-0.1, -0.05) is 41.4 Å². The standard InChI is InChI=1S/C12H16BrClN2O/c1-8(2)6-16-12(17)7-15-11-5-9(13)3-4-10(11)14/h3-5,8,15H,6-7H2,1-2H3,(H,16,17). The second kappa shape index (κ2) is 6.87. The Morgan fingerprint density at radius 2 is 2.18 bits per heavy atom. The number of benzene rings is 1. The van der Waals surface area contributed by atoms with Crippen LogP contribution in [0.2, 0.25) is 5.02 Å². The Morgan fingerprint density at radius 1 is 1.47 bits per heavy atom. The maximum Gasteiger partial charge on any atom is 0.239 e. The molecule has 0 aliphatic carbocycles. The van der Waals surface area contributed by atoms with Crippen molar-refractivity contribution in [2.24, 2.45) is 5.92 Å². The van der Waals surface area contributed by atoms with Gasteiger partial charge in [0.1, 0.15) is 0 Å². The van der Waals surface area contributed by atoms with E-state index in [4.69, 9.17) is 11.6 Å². The van der Waals surface area contributed by atoms with E-state index < -0.39 is 0 Å². The fourth-order valence-corrected chi connectivity index (χ4v) is 1.73. The van der Waals surface area contributed by atoms with Crippen LogP contribution in [-0.4, -0.2) is 19.0 Å². The van der Waals surface area contributed by atoms with Gasteiger partial charge in [-0.2, -0.15) is 0 Å². The Morgan fingerprint density at radius 3 is 2.82 bits per heavy atom. The maximum atomic E-state index is 11.5. The van der Waals surface area contributed by atoms with Crippen LogP contribution in [0.5, 0.6) is 0 Å². The van der Waals surface area contributed by atoms with Crippen LogP contribution in [0, 0.1) is 5.92 Å². The first-order valence-electron chi connectivity index (χ1n) is 5.44. The van der Waals surface area contributed by atoms with Gasteiger partial charge in [0, 0.05) is 11.0 Å². The summed E-state index contributed by atoms with van der Waals surface area (Å²) >= 11 is 9.35.